The molecule has 0 saturated heterocycles. The van der Waals surface area contributed by atoms with Crippen molar-refractivity contribution >= 4 is 17.1 Å². The number of anilines is 3. The van der Waals surface area contributed by atoms with Gasteiger partial charge in [0.25, 0.3) is 0 Å². The van der Waals surface area contributed by atoms with Crippen molar-refractivity contribution in [2.24, 2.45) is 35.5 Å². The van der Waals surface area contributed by atoms with Gasteiger partial charge < -0.3 is 4.90 Å². The van der Waals surface area contributed by atoms with Crippen molar-refractivity contribution < 1.29 is 0 Å². The third kappa shape index (κ3) is 3.81. The van der Waals surface area contributed by atoms with E-state index in [2.05, 4.69) is 144 Å². The summed E-state index contributed by atoms with van der Waals surface area (Å²) in [6.45, 7) is 0. The lowest BCUT2D eigenvalue weighted by molar-refractivity contribution is -0.0399. The molecule has 14 rings (SSSR count). The Balaban J connectivity index is 1.04. The van der Waals surface area contributed by atoms with Crippen molar-refractivity contribution in [3.63, 3.8) is 0 Å². The van der Waals surface area contributed by atoms with Crippen molar-refractivity contribution in [3.8, 4) is 33.4 Å². The molecule has 1 nitrogen and oxygen atoms in total. The molecule has 2 spiro atoms. The second-order valence-electron chi connectivity index (χ2n) is 18.5. The molecule has 0 aromatic heterocycles. The van der Waals surface area contributed by atoms with Crippen LogP contribution >= 0.6 is 0 Å². The van der Waals surface area contributed by atoms with Gasteiger partial charge in [-0.15, -0.1) is 0 Å². The third-order valence-corrected chi connectivity index (χ3v) is 16.3. The summed E-state index contributed by atoms with van der Waals surface area (Å²) in [7, 11) is 0. The van der Waals surface area contributed by atoms with Gasteiger partial charge in [-0.3, -0.25) is 0 Å². The molecule has 1 unspecified atom stereocenters. The molecule has 0 N–H and O–H groups in total. The lowest BCUT2D eigenvalue weighted by Crippen LogP contribution is -2.55. The molecule has 6 bridgehead atoms. The Morgan fingerprint density at radius 1 is 0.407 bits per heavy atom. The number of hydrogen-bond donors (Lipinski definition) is 0. The van der Waals surface area contributed by atoms with Gasteiger partial charge in [-0.1, -0.05) is 116 Å². The van der Waals surface area contributed by atoms with E-state index in [4.69, 9.17) is 0 Å². The minimum Gasteiger partial charge on any atom is -0.310 e. The first kappa shape index (κ1) is 30.4. The number of hydrogen-bond acceptors (Lipinski definition) is 1. The van der Waals surface area contributed by atoms with Crippen LogP contribution in [0.1, 0.15) is 80.0 Å². The lowest BCUT2D eigenvalue weighted by Gasteiger charge is -2.61. The zero-order chi connectivity index (χ0) is 35.2. The molecule has 0 amide bonds. The van der Waals surface area contributed by atoms with Crippen LogP contribution < -0.4 is 4.90 Å². The van der Waals surface area contributed by atoms with Crippen molar-refractivity contribution in [2.45, 2.75) is 68.6 Å². The van der Waals surface area contributed by atoms with Crippen molar-refractivity contribution in [1.82, 2.24) is 0 Å². The van der Waals surface area contributed by atoms with Gasteiger partial charge in [-0.25, -0.2) is 0 Å². The molecular formula is C53H47N. The second-order valence-corrected chi connectivity index (χ2v) is 18.5. The molecule has 264 valence electrons. The summed E-state index contributed by atoms with van der Waals surface area (Å²) in [4.78, 5) is 2.63. The van der Waals surface area contributed by atoms with Crippen molar-refractivity contribution in [2.75, 3.05) is 4.90 Å². The Labute approximate surface area is 320 Å². The van der Waals surface area contributed by atoms with Gasteiger partial charge in [0, 0.05) is 27.8 Å². The molecule has 0 radical (unpaired) electrons. The maximum Gasteiger partial charge on any atom is 0.0540 e. The molecule has 6 saturated carbocycles. The predicted octanol–water partition coefficient (Wildman–Crippen LogP) is 13.6. The average molecular weight is 698 g/mol. The van der Waals surface area contributed by atoms with Gasteiger partial charge in [0.1, 0.15) is 0 Å². The molecule has 8 aliphatic rings. The van der Waals surface area contributed by atoms with Crippen LogP contribution in [0.25, 0.3) is 33.4 Å². The van der Waals surface area contributed by atoms with E-state index in [0.717, 1.165) is 35.5 Å². The first-order valence-electron chi connectivity index (χ1n) is 21.1. The molecule has 6 aromatic rings. The van der Waals surface area contributed by atoms with E-state index in [0.29, 0.717) is 0 Å². The fourth-order valence-corrected chi connectivity index (χ4v) is 14.8. The predicted molar refractivity (Wildman–Crippen MR) is 221 cm³/mol. The molecule has 6 fully saturated rings. The van der Waals surface area contributed by atoms with Crippen LogP contribution in [-0.2, 0) is 10.8 Å². The van der Waals surface area contributed by atoms with Gasteiger partial charge in [-0.05, 0) is 167 Å². The first-order chi connectivity index (χ1) is 26.7. The van der Waals surface area contributed by atoms with Crippen LogP contribution in [0.4, 0.5) is 17.1 Å². The highest BCUT2D eigenvalue weighted by Gasteiger charge is 2.62. The lowest BCUT2D eigenvalue weighted by atomic mass is 9.43. The summed E-state index contributed by atoms with van der Waals surface area (Å²) in [5.41, 5.74) is 19.0. The molecule has 0 aliphatic heterocycles. The Bertz CT molecular complexity index is 2480. The maximum atomic E-state index is 2.68. The smallest absolute Gasteiger partial charge is 0.0540 e. The summed E-state index contributed by atoms with van der Waals surface area (Å²) in [5, 5.41) is 0. The minimum absolute atomic E-state index is 0.130. The molecule has 1 heteroatoms. The normalized spacial score (nSPS) is 31.2. The van der Waals surface area contributed by atoms with E-state index in [-0.39, 0.29) is 10.8 Å². The van der Waals surface area contributed by atoms with E-state index < -0.39 is 0 Å². The first-order valence-corrected chi connectivity index (χ1v) is 21.1. The second kappa shape index (κ2) is 10.9. The zero-order valence-corrected chi connectivity index (χ0v) is 31.1. The summed E-state index contributed by atoms with van der Waals surface area (Å²) in [6.07, 6.45) is 12.6. The highest BCUT2D eigenvalue weighted by molar-refractivity contribution is 5.93. The molecule has 0 heterocycles. The summed E-state index contributed by atoms with van der Waals surface area (Å²) in [5.74, 6) is 4.98. The molecular weight excluding hydrogens is 651 g/mol. The fraction of sp³-hybridized carbons (Fsp3) is 0.321. The van der Waals surface area contributed by atoms with E-state index in [1.807, 2.05) is 0 Å². The molecule has 54 heavy (non-hydrogen) atoms. The van der Waals surface area contributed by atoms with Gasteiger partial charge in [-0.2, -0.15) is 0 Å². The van der Waals surface area contributed by atoms with Crippen molar-refractivity contribution in [1.29, 1.82) is 0 Å². The zero-order valence-electron chi connectivity index (χ0n) is 31.1. The van der Waals surface area contributed by atoms with Gasteiger partial charge in [0.05, 0.1) is 5.69 Å². The summed E-state index contributed by atoms with van der Waals surface area (Å²) in [6, 6.07) is 54.5. The Morgan fingerprint density at radius 3 is 1.74 bits per heavy atom. The van der Waals surface area contributed by atoms with Crippen LogP contribution in [0.2, 0.25) is 0 Å². The highest BCUT2D eigenvalue weighted by atomic mass is 15.1. The Hall–Kier alpha value is -4.88. The quantitative estimate of drug-likeness (QED) is 0.177. The van der Waals surface area contributed by atoms with E-state index in [1.165, 1.54) is 108 Å². The number of para-hydroxylation sites is 1. The number of nitrogens with zero attached hydrogens (tertiary/aromatic N) is 1. The van der Waals surface area contributed by atoms with E-state index in [1.54, 1.807) is 22.3 Å². The minimum atomic E-state index is 0.130. The van der Waals surface area contributed by atoms with E-state index in [9.17, 15) is 0 Å². The van der Waals surface area contributed by atoms with Gasteiger partial charge in [0.15, 0.2) is 0 Å². The highest BCUT2D eigenvalue weighted by Crippen LogP contribution is 2.70. The molecule has 3 atom stereocenters. The maximum absolute atomic E-state index is 2.68. The number of benzene rings is 6. The topological polar surface area (TPSA) is 3.24 Å². The van der Waals surface area contributed by atoms with Crippen LogP contribution in [0.15, 0.2) is 140 Å². The summed E-state index contributed by atoms with van der Waals surface area (Å²) < 4.78 is 0. The van der Waals surface area contributed by atoms with Crippen LogP contribution in [0, 0.1) is 35.5 Å². The average Bonchev–Trinajstić information content (AvgIpc) is 3.97. The Morgan fingerprint density at radius 2 is 1.00 bits per heavy atom. The van der Waals surface area contributed by atoms with Gasteiger partial charge >= 0.3 is 0 Å². The monoisotopic (exact) mass is 697 g/mol. The third-order valence-electron chi connectivity index (χ3n) is 16.3. The largest absolute Gasteiger partial charge is 0.310 e. The Kier molecular flexibility index (Phi) is 6.13. The van der Waals surface area contributed by atoms with Crippen LogP contribution in [0.3, 0.4) is 0 Å². The molecule has 8 aliphatic carbocycles. The van der Waals surface area contributed by atoms with Gasteiger partial charge in [0.2, 0.25) is 0 Å². The number of fused-ring (bicyclic) bond motifs is 11. The van der Waals surface area contributed by atoms with Crippen LogP contribution in [0.5, 0.6) is 0 Å². The standard InChI is InChI=1S/C53H47N/c1-2-10-36(11-3-1)42-12-6-9-17-51(42)54(40-21-23-48-46(30-40)44-14-4-7-15-47(44)52(48)32-33-18-19-37(52)25-33)41-20-22-45-43-13-5-8-16-49(43)53(50(45)31-41)38-26-34-24-35(28-38)29-39(53)27-34/h1-17,20-23,30-31,33-35,37-39H,18-19,24-29,32H2/t33?,34?,35?,37-,38?,39?,52-,53?/m1/s1. The van der Waals surface area contributed by atoms with Crippen LogP contribution in [-0.4, -0.2) is 0 Å². The van der Waals surface area contributed by atoms with E-state index >= 15 is 0 Å². The fourth-order valence-electron chi connectivity index (χ4n) is 14.8. The number of rotatable bonds is 4. The molecule has 6 aromatic carbocycles. The summed E-state index contributed by atoms with van der Waals surface area (Å²) >= 11 is 0. The van der Waals surface area contributed by atoms with Crippen molar-refractivity contribution in [3.05, 3.63) is 162 Å². The SMILES string of the molecule is c1ccc(-c2ccccc2N(c2ccc3c(c2)-c2ccccc2[C@]32CC3CC[C@@H]2C3)c2ccc3c(c2)C2(c4ccccc4-3)C3CC4CC(C3)CC2C4)cc1.